The first kappa shape index (κ1) is 19.9. The minimum absolute atomic E-state index is 0.0834. The number of carbonyl (C=O) groups excluding carboxylic acids is 2. The molecule has 148 valence electrons. The van der Waals surface area contributed by atoms with Crippen molar-refractivity contribution in [3.63, 3.8) is 0 Å². The third-order valence-corrected chi connectivity index (χ3v) is 6.18. The third kappa shape index (κ3) is 4.97. The minimum atomic E-state index is -0.369. The normalized spacial score (nSPS) is 14.4. The van der Waals surface area contributed by atoms with E-state index in [0.29, 0.717) is 10.6 Å². The van der Waals surface area contributed by atoms with Crippen molar-refractivity contribution in [3.8, 4) is 0 Å². The van der Waals surface area contributed by atoms with E-state index in [4.69, 9.17) is 0 Å². The Balaban J connectivity index is 1.54. The molecule has 0 bridgehead atoms. The molecule has 2 N–H and O–H groups in total. The Labute approximate surface area is 181 Å². The zero-order valence-electron chi connectivity index (χ0n) is 15.8. The first-order valence-electron chi connectivity index (χ1n) is 9.43. The van der Waals surface area contributed by atoms with Crippen LogP contribution in [0.2, 0.25) is 0 Å². The Kier molecular flexibility index (Phi) is 5.87. The van der Waals surface area contributed by atoms with Crippen molar-refractivity contribution >= 4 is 56.1 Å². The second-order valence-corrected chi connectivity index (χ2v) is 9.31. The second kappa shape index (κ2) is 8.55. The summed E-state index contributed by atoms with van der Waals surface area (Å²) in [7, 11) is 0. The van der Waals surface area contributed by atoms with Crippen molar-refractivity contribution in [1.82, 2.24) is 10.3 Å². The van der Waals surface area contributed by atoms with Crippen molar-refractivity contribution in [2.24, 2.45) is 0 Å². The van der Waals surface area contributed by atoms with Gasteiger partial charge in [0.1, 0.15) is 0 Å². The van der Waals surface area contributed by atoms with Gasteiger partial charge in [-0.25, -0.2) is 4.98 Å². The number of rotatable bonds is 6. The van der Waals surface area contributed by atoms with Crippen molar-refractivity contribution in [3.05, 3.63) is 64.6 Å². The zero-order chi connectivity index (χ0) is 20.4. The third-order valence-electron chi connectivity index (χ3n) is 4.63. The predicted octanol–water partition coefficient (Wildman–Crippen LogP) is 5.01. The summed E-state index contributed by atoms with van der Waals surface area (Å²) in [6, 6.07) is 17.1. The highest BCUT2D eigenvalue weighted by Gasteiger charge is 2.25. The molecule has 1 saturated carbocycles. The zero-order valence-corrected chi connectivity index (χ0v) is 18.2. The number of nitrogens with one attached hydrogen (secondary N) is 2. The van der Waals surface area contributed by atoms with Crippen molar-refractivity contribution in [2.45, 2.75) is 36.1 Å². The summed E-state index contributed by atoms with van der Waals surface area (Å²) in [6.45, 7) is 1.83. The monoisotopic (exact) mass is 469 g/mol. The number of aromatic nitrogens is 1. The van der Waals surface area contributed by atoms with E-state index < -0.39 is 0 Å². The second-order valence-electron chi connectivity index (χ2n) is 7.03. The van der Waals surface area contributed by atoms with E-state index in [1.807, 2.05) is 55.5 Å². The molecular weight excluding hydrogens is 450 g/mol. The van der Waals surface area contributed by atoms with E-state index in [0.717, 1.165) is 33.9 Å². The number of hydrogen-bond acceptors (Lipinski definition) is 4. The number of anilines is 1. The maximum atomic E-state index is 12.7. The number of para-hydroxylation sites is 1. The van der Waals surface area contributed by atoms with Crippen LogP contribution < -0.4 is 10.6 Å². The van der Waals surface area contributed by atoms with Crippen LogP contribution in [0.15, 0.2) is 64.1 Å². The van der Waals surface area contributed by atoms with Crippen LogP contribution in [-0.4, -0.2) is 28.1 Å². The molecule has 1 aliphatic carbocycles. The van der Waals surface area contributed by atoms with Gasteiger partial charge in [-0.3, -0.25) is 9.59 Å². The molecule has 1 atom stereocenters. The van der Waals surface area contributed by atoms with Gasteiger partial charge in [-0.05, 0) is 56.2 Å². The molecule has 4 rings (SSSR count). The molecule has 1 aromatic heterocycles. The number of fused-ring (bicyclic) bond motifs is 1. The molecule has 5 nitrogen and oxygen atoms in total. The molecule has 2 amide bonds. The Morgan fingerprint density at radius 2 is 1.86 bits per heavy atom. The van der Waals surface area contributed by atoms with E-state index in [9.17, 15) is 9.59 Å². The van der Waals surface area contributed by atoms with Gasteiger partial charge >= 0.3 is 0 Å². The SMILES string of the molecule is CC(Sc1cc(C(=O)NC2CC2)c2ccccc2n1)C(=O)Nc1ccc(Br)cc1. The van der Waals surface area contributed by atoms with Crippen LogP contribution >= 0.6 is 27.7 Å². The number of nitrogens with zero attached hydrogens (tertiary/aromatic N) is 1. The average molecular weight is 470 g/mol. The predicted molar refractivity (Wildman–Crippen MR) is 120 cm³/mol. The Bertz CT molecular complexity index is 1070. The van der Waals surface area contributed by atoms with Gasteiger partial charge in [0.05, 0.1) is 21.4 Å². The van der Waals surface area contributed by atoms with E-state index >= 15 is 0 Å². The molecule has 1 heterocycles. The summed E-state index contributed by atoms with van der Waals surface area (Å²) in [5.41, 5.74) is 2.09. The number of pyridine rings is 1. The number of carbonyl (C=O) groups is 2. The van der Waals surface area contributed by atoms with Crippen LogP contribution in [0.3, 0.4) is 0 Å². The van der Waals surface area contributed by atoms with Gasteiger partial charge in [-0.15, -0.1) is 0 Å². The van der Waals surface area contributed by atoms with Gasteiger partial charge in [0.25, 0.3) is 5.91 Å². The summed E-state index contributed by atoms with van der Waals surface area (Å²) < 4.78 is 0.954. The standard InChI is InChI=1S/C22H20BrN3O2S/c1-13(21(27)24-15-8-6-14(23)7-9-15)29-20-12-18(22(28)25-16-10-11-16)17-4-2-3-5-19(17)26-20/h2-9,12-13,16H,10-11H2,1H3,(H,24,27)(H,25,28). The molecular formula is C22H20BrN3O2S. The summed E-state index contributed by atoms with van der Waals surface area (Å²) >= 11 is 4.73. The van der Waals surface area contributed by atoms with Crippen LogP contribution in [0.1, 0.15) is 30.1 Å². The lowest BCUT2D eigenvalue weighted by Gasteiger charge is -2.14. The molecule has 7 heteroatoms. The molecule has 0 spiro atoms. The van der Waals surface area contributed by atoms with Crippen LogP contribution in [0.4, 0.5) is 5.69 Å². The fourth-order valence-corrected chi connectivity index (χ4v) is 4.03. The first-order valence-corrected chi connectivity index (χ1v) is 11.1. The average Bonchev–Trinajstić information content (AvgIpc) is 3.53. The summed E-state index contributed by atoms with van der Waals surface area (Å²) in [6.07, 6.45) is 2.06. The topological polar surface area (TPSA) is 71.1 Å². The Morgan fingerprint density at radius 1 is 1.14 bits per heavy atom. The van der Waals surface area contributed by atoms with Gasteiger partial charge in [0.2, 0.25) is 5.91 Å². The van der Waals surface area contributed by atoms with E-state index in [1.54, 1.807) is 6.07 Å². The highest BCUT2D eigenvalue weighted by Crippen LogP contribution is 2.29. The van der Waals surface area contributed by atoms with E-state index in [-0.39, 0.29) is 23.1 Å². The molecule has 1 fully saturated rings. The van der Waals surface area contributed by atoms with Crippen LogP contribution in [0, 0.1) is 0 Å². The molecule has 1 unspecified atom stereocenters. The first-order chi connectivity index (χ1) is 14.0. The van der Waals surface area contributed by atoms with Gasteiger partial charge in [-0.2, -0.15) is 0 Å². The molecule has 0 aliphatic heterocycles. The molecule has 0 saturated heterocycles. The Hall–Kier alpha value is -2.38. The number of benzene rings is 2. The number of amides is 2. The van der Waals surface area contributed by atoms with Gasteiger partial charge < -0.3 is 10.6 Å². The van der Waals surface area contributed by atoms with Crippen LogP contribution in [0.25, 0.3) is 10.9 Å². The lowest BCUT2D eigenvalue weighted by molar-refractivity contribution is -0.115. The lowest BCUT2D eigenvalue weighted by Crippen LogP contribution is -2.26. The van der Waals surface area contributed by atoms with E-state index in [1.165, 1.54) is 11.8 Å². The molecule has 29 heavy (non-hydrogen) atoms. The fourth-order valence-electron chi connectivity index (χ4n) is 2.90. The minimum Gasteiger partial charge on any atom is -0.349 e. The van der Waals surface area contributed by atoms with Crippen LogP contribution in [0.5, 0.6) is 0 Å². The Morgan fingerprint density at radius 3 is 2.59 bits per heavy atom. The lowest BCUT2D eigenvalue weighted by atomic mass is 10.1. The maximum Gasteiger partial charge on any atom is 0.252 e. The molecule has 1 aliphatic rings. The highest BCUT2D eigenvalue weighted by atomic mass is 79.9. The molecule has 0 radical (unpaired) electrons. The quantitative estimate of drug-likeness (QED) is 0.497. The largest absolute Gasteiger partial charge is 0.349 e. The van der Waals surface area contributed by atoms with Crippen molar-refractivity contribution in [2.75, 3.05) is 5.32 Å². The summed E-state index contributed by atoms with van der Waals surface area (Å²) in [4.78, 5) is 30.0. The van der Waals surface area contributed by atoms with Crippen molar-refractivity contribution in [1.29, 1.82) is 0 Å². The van der Waals surface area contributed by atoms with Crippen LogP contribution in [-0.2, 0) is 4.79 Å². The smallest absolute Gasteiger partial charge is 0.252 e. The van der Waals surface area contributed by atoms with Crippen molar-refractivity contribution < 1.29 is 9.59 Å². The molecule has 2 aromatic carbocycles. The number of thioether (sulfide) groups is 1. The summed E-state index contributed by atoms with van der Waals surface area (Å²) in [5, 5.41) is 7.06. The highest BCUT2D eigenvalue weighted by molar-refractivity contribution is 9.10. The summed E-state index contributed by atoms with van der Waals surface area (Å²) in [5.74, 6) is -0.198. The number of halogens is 1. The maximum absolute atomic E-state index is 12.7. The fraction of sp³-hybridized carbons (Fsp3) is 0.227. The molecule has 3 aromatic rings. The van der Waals surface area contributed by atoms with Gasteiger partial charge in [0.15, 0.2) is 0 Å². The van der Waals surface area contributed by atoms with Gasteiger partial charge in [-0.1, -0.05) is 45.9 Å². The van der Waals surface area contributed by atoms with Gasteiger partial charge in [0, 0.05) is 21.6 Å². The van der Waals surface area contributed by atoms with E-state index in [2.05, 4.69) is 31.5 Å². The number of hydrogen-bond donors (Lipinski definition) is 2.